The monoisotopic (exact) mass is 266 g/mol. The van der Waals surface area contributed by atoms with Gasteiger partial charge in [0.1, 0.15) is 0 Å². The van der Waals surface area contributed by atoms with Crippen molar-refractivity contribution in [1.29, 1.82) is 0 Å². The Bertz CT molecular complexity index is 419. The molecule has 0 aromatic carbocycles. The van der Waals surface area contributed by atoms with Crippen molar-refractivity contribution in [2.45, 2.75) is 39.5 Å². The van der Waals surface area contributed by atoms with Gasteiger partial charge in [-0.15, -0.1) is 11.3 Å². The van der Waals surface area contributed by atoms with E-state index >= 15 is 0 Å². The average molecular weight is 266 g/mol. The van der Waals surface area contributed by atoms with Gasteiger partial charge < -0.3 is 10.6 Å². The molecule has 100 valence electrons. The third-order valence-corrected chi connectivity index (χ3v) is 4.42. The van der Waals surface area contributed by atoms with Crippen molar-refractivity contribution in [1.82, 2.24) is 9.88 Å². The van der Waals surface area contributed by atoms with Gasteiger partial charge >= 0.3 is 0 Å². The summed E-state index contributed by atoms with van der Waals surface area (Å²) in [6, 6.07) is 0. The van der Waals surface area contributed by atoms with Crippen molar-refractivity contribution in [2.75, 3.05) is 19.6 Å². The molecule has 0 unspecified atom stereocenters. The van der Waals surface area contributed by atoms with Crippen LogP contribution in [0.1, 0.15) is 34.8 Å². The first kappa shape index (κ1) is 13.3. The molecule has 1 fully saturated rings. The lowest BCUT2D eigenvalue weighted by atomic mass is 10.1. The van der Waals surface area contributed by atoms with Crippen LogP contribution < -0.4 is 5.73 Å². The Hall–Kier alpha value is -1.10. The minimum Gasteiger partial charge on any atom is -0.370 e. The fourth-order valence-corrected chi connectivity index (χ4v) is 3.23. The maximum absolute atomic E-state index is 6.02. The smallest absolute Gasteiger partial charge is 0.191 e. The highest BCUT2D eigenvalue weighted by Gasteiger charge is 2.11. The van der Waals surface area contributed by atoms with E-state index in [0.29, 0.717) is 5.96 Å². The van der Waals surface area contributed by atoms with Crippen molar-refractivity contribution < 1.29 is 0 Å². The van der Waals surface area contributed by atoms with E-state index in [1.54, 1.807) is 11.3 Å². The fourth-order valence-electron chi connectivity index (χ4n) is 2.30. The van der Waals surface area contributed by atoms with Crippen LogP contribution in [0.2, 0.25) is 0 Å². The van der Waals surface area contributed by atoms with Crippen molar-refractivity contribution in [3.63, 3.8) is 0 Å². The maximum atomic E-state index is 6.02. The van der Waals surface area contributed by atoms with Crippen molar-refractivity contribution in [3.8, 4) is 0 Å². The highest BCUT2D eigenvalue weighted by atomic mass is 32.1. The van der Waals surface area contributed by atoms with Gasteiger partial charge in [-0.1, -0.05) is 0 Å². The molecule has 0 saturated carbocycles. The maximum Gasteiger partial charge on any atom is 0.191 e. The molecule has 0 amide bonds. The molecule has 2 N–H and O–H groups in total. The second kappa shape index (κ2) is 6.18. The Balaban J connectivity index is 1.84. The summed E-state index contributed by atoms with van der Waals surface area (Å²) in [5, 5.41) is 1.13. The third kappa shape index (κ3) is 3.45. The zero-order valence-corrected chi connectivity index (χ0v) is 12.1. The van der Waals surface area contributed by atoms with Gasteiger partial charge in [-0.2, -0.15) is 0 Å². The molecular formula is C13H22N4S. The SMILES string of the molecule is Cc1nc(C)c(CCN=C(N)N2CCCCC2)s1. The van der Waals surface area contributed by atoms with Crippen LogP contribution in [0.4, 0.5) is 0 Å². The Morgan fingerprint density at radius 1 is 1.33 bits per heavy atom. The number of aryl methyl sites for hydroxylation is 2. The Morgan fingerprint density at radius 2 is 2.06 bits per heavy atom. The van der Waals surface area contributed by atoms with Crippen LogP contribution in [-0.2, 0) is 6.42 Å². The molecule has 1 aliphatic heterocycles. The van der Waals surface area contributed by atoms with Crippen LogP contribution in [0.3, 0.4) is 0 Å². The number of guanidine groups is 1. The van der Waals surface area contributed by atoms with Crippen LogP contribution >= 0.6 is 11.3 Å². The van der Waals surface area contributed by atoms with Crippen LogP contribution in [-0.4, -0.2) is 35.5 Å². The second-order valence-corrected chi connectivity index (χ2v) is 6.07. The van der Waals surface area contributed by atoms with Crippen molar-refractivity contribution in [2.24, 2.45) is 10.7 Å². The fraction of sp³-hybridized carbons (Fsp3) is 0.692. The lowest BCUT2D eigenvalue weighted by molar-refractivity contribution is 0.338. The van der Waals surface area contributed by atoms with E-state index in [-0.39, 0.29) is 0 Å². The first-order chi connectivity index (χ1) is 8.66. The molecule has 0 spiro atoms. The molecule has 0 atom stereocenters. The molecule has 1 aromatic heterocycles. The molecule has 2 heterocycles. The topological polar surface area (TPSA) is 54.5 Å². The number of nitrogens with zero attached hydrogens (tertiary/aromatic N) is 3. The molecule has 1 saturated heterocycles. The number of likely N-dealkylation sites (tertiary alicyclic amines) is 1. The van der Waals surface area contributed by atoms with Gasteiger partial charge in [0.05, 0.1) is 10.7 Å². The minimum atomic E-state index is 0.716. The van der Waals surface area contributed by atoms with Crippen molar-refractivity contribution >= 4 is 17.3 Å². The molecular weight excluding hydrogens is 244 g/mol. The lowest BCUT2D eigenvalue weighted by Gasteiger charge is -2.27. The number of rotatable bonds is 3. The highest BCUT2D eigenvalue weighted by molar-refractivity contribution is 7.11. The molecule has 18 heavy (non-hydrogen) atoms. The number of thiazole rings is 1. The molecule has 2 rings (SSSR count). The van der Waals surface area contributed by atoms with Gasteiger partial charge in [-0.05, 0) is 33.1 Å². The third-order valence-electron chi connectivity index (χ3n) is 3.29. The van der Waals surface area contributed by atoms with E-state index in [1.165, 1.54) is 24.1 Å². The van der Waals surface area contributed by atoms with E-state index in [9.17, 15) is 0 Å². The Kier molecular flexibility index (Phi) is 4.58. The van der Waals surface area contributed by atoms with Gasteiger partial charge in [0.15, 0.2) is 5.96 Å². The summed E-state index contributed by atoms with van der Waals surface area (Å²) in [6.07, 6.45) is 4.75. The lowest BCUT2D eigenvalue weighted by Crippen LogP contribution is -2.41. The largest absolute Gasteiger partial charge is 0.370 e. The summed E-state index contributed by atoms with van der Waals surface area (Å²) in [6.45, 7) is 7.01. The van der Waals surface area contributed by atoms with Gasteiger partial charge in [0.25, 0.3) is 0 Å². The minimum absolute atomic E-state index is 0.716. The summed E-state index contributed by atoms with van der Waals surface area (Å²) >= 11 is 1.77. The first-order valence-corrected chi connectivity index (χ1v) is 7.46. The standard InChI is InChI=1S/C13H22N4S/c1-10-12(18-11(2)16-10)6-7-15-13(14)17-8-4-3-5-9-17/h3-9H2,1-2H3,(H2,14,15). The zero-order valence-electron chi connectivity index (χ0n) is 11.3. The molecule has 1 aliphatic rings. The van der Waals surface area contributed by atoms with E-state index in [4.69, 9.17) is 5.73 Å². The van der Waals surface area contributed by atoms with Gasteiger partial charge in [-0.3, -0.25) is 4.99 Å². The number of hydrogen-bond donors (Lipinski definition) is 1. The van der Waals surface area contributed by atoms with E-state index < -0.39 is 0 Å². The summed E-state index contributed by atoms with van der Waals surface area (Å²) < 4.78 is 0. The Labute approximate surface area is 113 Å². The Morgan fingerprint density at radius 3 is 2.67 bits per heavy atom. The molecule has 1 aromatic rings. The number of aliphatic imine (C=N–C) groups is 1. The van der Waals surface area contributed by atoms with Gasteiger partial charge in [-0.25, -0.2) is 4.98 Å². The molecule has 4 nitrogen and oxygen atoms in total. The van der Waals surface area contributed by atoms with Crippen LogP contribution in [0, 0.1) is 13.8 Å². The number of aromatic nitrogens is 1. The number of nitrogens with two attached hydrogens (primary N) is 1. The van der Waals surface area contributed by atoms with Gasteiger partial charge in [0, 0.05) is 30.9 Å². The average Bonchev–Trinajstić information content (AvgIpc) is 2.69. The van der Waals surface area contributed by atoms with Crippen LogP contribution in [0.25, 0.3) is 0 Å². The zero-order chi connectivity index (χ0) is 13.0. The predicted molar refractivity (Wildman–Crippen MR) is 77.2 cm³/mol. The van der Waals surface area contributed by atoms with Crippen LogP contribution in [0.15, 0.2) is 4.99 Å². The normalized spacial score (nSPS) is 17.2. The predicted octanol–water partition coefficient (Wildman–Crippen LogP) is 2.10. The quantitative estimate of drug-likeness (QED) is 0.673. The summed E-state index contributed by atoms with van der Waals surface area (Å²) in [7, 11) is 0. The number of piperidine rings is 1. The highest BCUT2D eigenvalue weighted by Crippen LogP contribution is 2.17. The van der Waals surface area contributed by atoms with E-state index in [2.05, 4.69) is 21.8 Å². The summed E-state index contributed by atoms with van der Waals surface area (Å²) in [5.41, 5.74) is 7.16. The first-order valence-electron chi connectivity index (χ1n) is 6.64. The summed E-state index contributed by atoms with van der Waals surface area (Å²) in [5.74, 6) is 0.716. The van der Waals surface area contributed by atoms with Gasteiger partial charge in [0.2, 0.25) is 0 Å². The van der Waals surface area contributed by atoms with E-state index in [0.717, 1.165) is 36.8 Å². The van der Waals surface area contributed by atoms with E-state index in [1.807, 2.05) is 6.92 Å². The van der Waals surface area contributed by atoms with Crippen molar-refractivity contribution in [3.05, 3.63) is 15.6 Å². The number of hydrogen-bond acceptors (Lipinski definition) is 3. The summed E-state index contributed by atoms with van der Waals surface area (Å²) in [4.78, 5) is 12.5. The van der Waals surface area contributed by atoms with Crippen LogP contribution in [0.5, 0.6) is 0 Å². The molecule has 0 aliphatic carbocycles. The molecule has 5 heteroatoms. The molecule has 0 radical (unpaired) electrons. The molecule has 0 bridgehead atoms. The second-order valence-electron chi connectivity index (χ2n) is 4.78.